The van der Waals surface area contributed by atoms with Gasteiger partial charge in [-0.1, -0.05) is 42.8 Å². The van der Waals surface area contributed by atoms with Gasteiger partial charge in [-0.25, -0.2) is 8.78 Å². The molecule has 0 aromatic heterocycles. The molecule has 2 aromatic carbocycles. The van der Waals surface area contributed by atoms with Crippen molar-refractivity contribution < 1.29 is 8.78 Å². The van der Waals surface area contributed by atoms with Crippen LogP contribution < -0.4 is 5.32 Å². The quantitative estimate of drug-likeness (QED) is 0.863. The van der Waals surface area contributed by atoms with Crippen LogP contribution in [-0.4, -0.2) is 6.54 Å². The van der Waals surface area contributed by atoms with Gasteiger partial charge in [-0.3, -0.25) is 0 Å². The van der Waals surface area contributed by atoms with Gasteiger partial charge < -0.3 is 5.32 Å². The standard InChI is InChI=1S/C17H19F2N/c1-3-20-16(11-13-7-4-6-12(2)10-13)17-14(18)8-5-9-15(17)19/h4-10,16,20H,3,11H2,1-2H3. The minimum Gasteiger partial charge on any atom is -0.310 e. The van der Waals surface area contributed by atoms with Crippen molar-refractivity contribution in [3.05, 3.63) is 70.8 Å². The first-order valence-electron chi connectivity index (χ1n) is 6.84. The van der Waals surface area contributed by atoms with Crippen molar-refractivity contribution in [3.8, 4) is 0 Å². The van der Waals surface area contributed by atoms with Crippen LogP contribution >= 0.6 is 0 Å². The van der Waals surface area contributed by atoms with Gasteiger partial charge in [-0.15, -0.1) is 0 Å². The Kier molecular flexibility index (Phi) is 4.85. The van der Waals surface area contributed by atoms with Gasteiger partial charge in [0.1, 0.15) is 11.6 Å². The molecule has 1 atom stereocenters. The van der Waals surface area contributed by atoms with Crippen LogP contribution in [0.4, 0.5) is 8.78 Å². The number of hydrogen-bond donors (Lipinski definition) is 1. The molecule has 106 valence electrons. The number of nitrogens with one attached hydrogen (secondary N) is 1. The van der Waals surface area contributed by atoms with Gasteiger partial charge >= 0.3 is 0 Å². The van der Waals surface area contributed by atoms with Crippen LogP contribution in [0.1, 0.15) is 29.7 Å². The zero-order valence-corrected chi connectivity index (χ0v) is 11.8. The molecule has 1 nitrogen and oxygen atoms in total. The lowest BCUT2D eigenvalue weighted by Crippen LogP contribution is -2.25. The molecule has 0 bridgehead atoms. The lowest BCUT2D eigenvalue weighted by molar-refractivity contribution is 0.473. The molecule has 2 aromatic rings. The second-order valence-corrected chi connectivity index (χ2v) is 4.94. The van der Waals surface area contributed by atoms with Gasteiger partial charge in [0.05, 0.1) is 0 Å². The van der Waals surface area contributed by atoms with Crippen molar-refractivity contribution in [1.82, 2.24) is 5.32 Å². The molecule has 0 saturated heterocycles. The number of likely N-dealkylation sites (N-methyl/N-ethyl adjacent to an activating group) is 1. The highest BCUT2D eigenvalue weighted by atomic mass is 19.1. The summed E-state index contributed by atoms with van der Waals surface area (Å²) < 4.78 is 27.9. The number of benzene rings is 2. The Bertz CT molecular complexity index is 561. The maximum absolute atomic E-state index is 13.9. The van der Waals surface area contributed by atoms with Crippen LogP contribution in [0.5, 0.6) is 0 Å². The highest BCUT2D eigenvalue weighted by Crippen LogP contribution is 2.24. The van der Waals surface area contributed by atoms with E-state index >= 15 is 0 Å². The van der Waals surface area contributed by atoms with Crippen LogP contribution in [0.15, 0.2) is 42.5 Å². The molecular weight excluding hydrogens is 256 g/mol. The zero-order valence-electron chi connectivity index (χ0n) is 11.8. The first-order chi connectivity index (χ1) is 9.61. The van der Waals surface area contributed by atoms with E-state index in [1.54, 1.807) is 0 Å². The highest BCUT2D eigenvalue weighted by Gasteiger charge is 2.19. The number of aryl methyl sites for hydroxylation is 1. The number of hydrogen-bond acceptors (Lipinski definition) is 1. The van der Waals surface area contributed by atoms with E-state index in [9.17, 15) is 8.78 Å². The summed E-state index contributed by atoms with van der Waals surface area (Å²) in [5.41, 5.74) is 2.33. The summed E-state index contributed by atoms with van der Waals surface area (Å²) in [6.45, 7) is 4.60. The Hall–Kier alpha value is -1.74. The third kappa shape index (κ3) is 3.42. The van der Waals surface area contributed by atoms with Gasteiger partial charge in [0, 0.05) is 11.6 Å². The van der Waals surface area contributed by atoms with Crippen LogP contribution in [0, 0.1) is 18.6 Å². The largest absolute Gasteiger partial charge is 0.310 e. The maximum atomic E-state index is 13.9. The highest BCUT2D eigenvalue weighted by molar-refractivity contribution is 5.28. The van der Waals surface area contributed by atoms with Crippen molar-refractivity contribution in [2.45, 2.75) is 26.3 Å². The Morgan fingerprint density at radius 3 is 2.30 bits per heavy atom. The molecule has 0 aliphatic rings. The molecule has 2 rings (SSSR count). The molecule has 1 unspecified atom stereocenters. The molecule has 0 fully saturated rings. The van der Waals surface area contributed by atoms with Gasteiger partial charge in [0.2, 0.25) is 0 Å². The summed E-state index contributed by atoms with van der Waals surface area (Å²) in [5.74, 6) is -0.993. The van der Waals surface area contributed by atoms with Gasteiger partial charge in [0.25, 0.3) is 0 Å². The van der Waals surface area contributed by atoms with Crippen molar-refractivity contribution in [1.29, 1.82) is 0 Å². The summed E-state index contributed by atoms with van der Waals surface area (Å²) >= 11 is 0. The van der Waals surface area contributed by atoms with Crippen molar-refractivity contribution in [3.63, 3.8) is 0 Å². The van der Waals surface area contributed by atoms with E-state index in [4.69, 9.17) is 0 Å². The molecule has 0 spiro atoms. The van der Waals surface area contributed by atoms with Gasteiger partial charge in [-0.2, -0.15) is 0 Å². The maximum Gasteiger partial charge on any atom is 0.130 e. The lowest BCUT2D eigenvalue weighted by Gasteiger charge is -2.20. The fourth-order valence-corrected chi connectivity index (χ4v) is 2.44. The molecule has 0 aliphatic carbocycles. The Balaban J connectivity index is 2.32. The summed E-state index contributed by atoms with van der Waals surface area (Å²) in [4.78, 5) is 0. The Labute approximate surface area is 118 Å². The average molecular weight is 275 g/mol. The molecule has 0 radical (unpaired) electrons. The van der Waals surface area contributed by atoms with E-state index in [2.05, 4.69) is 5.32 Å². The normalized spacial score (nSPS) is 12.4. The SMILES string of the molecule is CCNC(Cc1cccc(C)c1)c1c(F)cccc1F. The predicted molar refractivity (Wildman–Crippen MR) is 77.7 cm³/mol. The summed E-state index contributed by atoms with van der Waals surface area (Å²) in [7, 11) is 0. The van der Waals surface area contributed by atoms with Crippen LogP contribution in [0.2, 0.25) is 0 Å². The predicted octanol–water partition coefficient (Wildman–Crippen LogP) is 4.17. The molecule has 1 N–H and O–H groups in total. The third-order valence-corrected chi connectivity index (χ3v) is 3.32. The molecule has 3 heteroatoms. The topological polar surface area (TPSA) is 12.0 Å². The lowest BCUT2D eigenvalue weighted by atomic mass is 9.97. The van der Waals surface area contributed by atoms with E-state index in [1.807, 2.05) is 38.1 Å². The molecule has 20 heavy (non-hydrogen) atoms. The summed E-state index contributed by atoms with van der Waals surface area (Å²) in [5, 5.41) is 3.17. The smallest absolute Gasteiger partial charge is 0.130 e. The molecule has 0 heterocycles. The number of halogens is 2. The first kappa shape index (κ1) is 14.7. The van der Waals surface area contributed by atoms with E-state index in [0.717, 1.165) is 11.1 Å². The first-order valence-corrected chi connectivity index (χ1v) is 6.84. The Morgan fingerprint density at radius 1 is 1.05 bits per heavy atom. The van der Waals surface area contributed by atoms with Crippen LogP contribution in [0.25, 0.3) is 0 Å². The van der Waals surface area contributed by atoms with E-state index in [0.29, 0.717) is 13.0 Å². The van der Waals surface area contributed by atoms with Gasteiger partial charge in [0.15, 0.2) is 0 Å². The van der Waals surface area contributed by atoms with Gasteiger partial charge in [-0.05, 0) is 37.6 Å². The van der Waals surface area contributed by atoms with Crippen molar-refractivity contribution in [2.24, 2.45) is 0 Å². The fraction of sp³-hybridized carbons (Fsp3) is 0.294. The third-order valence-electron chi connectivity index (χ3n) is 3.32. The summed E-state index contributed by atoms with van der Waals surface area (Å²) in [6.07, 6.45) is 0.563. The molecule has 0 saturated carbocycles. The fourth-order valence-electron chi connectivity index (χ4n) is 2.44. The molecule has 0 amide bonds. The van der Waals surface area contributed by atoms with E-state index in [1.165, 1.54) is 18.2 Å². The second kappa shape index (κ2) is 6.62. The van der Waals surface area contributed by atoms with Crippen LogP contribution in [-0.2, 0) is 6.42 Å². The number of rotatable bonds is 5. The Morgan fingerprint density at radius 2 is 1.70 bits per heavy atom. The summed E-state index contributed by atoms with van der Waals surface area (Å²) in [6, 6.07) is 11.6. The molecule has 0 aliphatic heterocycles. The van der Waals surface area contributed by atoms with Crippen LogP contribution in [0.3, 0.4) is 0 Å². The van der Waals surface area contributed by atoms with Crippen molar-refractivity contribution >= 4 is 0 Å². The van der Waals surface area contributed by atoms with Crippen molar-refractivity contribution in [2.75, 3.05) is 6.54 Å². The monoisotopic (exact) mass is 275 g/mol. The van der Waals surface area contributed by atoms with E-state index in [-0.39, 0.29) is 11.6 Å². The zero-order chi connectivity index (χ0) is 14.5. The molecular formula is C17H19F2N. The minimum atomic E-state index is -0.497. The average Bonchev–Trinajstić information content (AvgIpc) is 2.38. The second-order valence-electron chi connectivity index (χ2n) is 4.94. The minimum absolute atomic E-state index is 0.121. The van der Waals surface area contributed by atoms with E-state index < -0.39 is 11.6 Å².